The van der Waals surface area contributed by atoms with Gasteiger partial charge >= 0.3 is 0 Å². The molecule has 0 unspecified atom stereocenters. The van der Waals surface area contributed by atoms with E-state index in [2.05, 4.69) is 15.5 Å². The van der Waals surface area contributed by atoms with Crippen LogP contribution in [-0.2, 0) is 17.8 Å². The average Bonchev–Trinajstić information content (AvgIpc) is 3.27. The molecule has 0 bridgehead atoms. The summed E-state index contributed by atoms with van der Waals surface area (Å²) in [5, 5.41) is 7.28. The van der Waals surface area contributed by atoms with Gasteiger partial charge in [0, 0.05) is 17.0 Å². The van der Waals surface area contributed by atoms with Crippen LogP contribution in [0.2, 0.25) is 5.02 Å². The minimum absolute atomic E-state index is 0.173. The molecular formula is C18H14ClN3O3. The molecule has 0 spiro atoms. The molecule has 1 atom stereocenters. The van der Waals surface area contributed by atoms with Gasteiger partial charge in [0.1, 0.15) is 5.75 Å². The predicted octanol–water partition coefficient (Wildman–Crippen LogP) is 3.01. The Bertz CT molecular complexity index is 911. The predicted molar refractivity (Wildman–Crippen MR) is 91.2 cm³/mol. The minimum Gasteiger partial charge on any atom is -0.480 e. The number of fused-ring (bicyclic) bond motifs is 1. The normalized spacial score (nSPS) is 15.5. The summed E-state index contributed by atoms with van der Waals surface area (Å²) in [5.74, 6) is 1.30. The molecule has 2 heterocycles. The van der Waals surface area contributed by atoms with E-state index in [-0.39, 0.29) is 12.5 Å². The van der Waals surface area contributed by atoms with Gasteiger partial charge < -0.3 is 14.6 Å². The van der Waals surface area contributed by atoms with Crippen molar-refractivity contribution in [3.05, 3.63) is 64.9 Å². The van der Waals surface area contributed by atoms with Crippen LogP contribution < -0.4 is 10.1 Å². The molecule has 6 nitrogen and oxygen atoms in total. The first-order valence-corrected chi connectivity index (χ1v) is 8.17. The number of benzene rings is 2. The SMILES string of the molecule is O=C(NCc1noc(-c2ccccc2)n1)[C@H]1Cc2cc(Cl)ccc2O1. The van der Waals surface area contributed by atoms with Crippen molar-refractivity contribution in [2.45, 2.75) is 19.1 Å². The van der Waals surface area contributed by atoms with E-state index in [0.717, 1.165) is 11.1 Å². The number of aromatic nitrogens is 2. The van der Waals surface area contributed by atoms with E-state index in [1.165, 1.54) is 0 Å². The van der Waals surface area contributed by atoms with Gasteiger partial charge in [0.25, 0.3) is 11.8 Å². The number of amides is 1. The summed E-state index contributed by atoms with van der Waals surface area (Å²) in [6.07, 6.45) is -0.0857. The van der Waals surface area contributed by atoms with E-state index in [1.807, 2.05) is 36.4 Å². The van der Waals surface area contributed by atoms with Gasteiger partial charge in [0.2, 0.25) is 0 Å². The molecule has 0 radical (unpaired) electrons. The molecule has 1 aromatic heterocycles. The minimum atomic E-state index is -0.575. The van der Waals surface area contributed by atoms with E-state index in [1.54, 1.807) is 12.1 Å². The quantitative estimate of drug-likeness (QED) is 0.778. The molecule has 1 aliphatic rings. The number of nitrogens with zero attached hydrogens (tertiary/aromatic N) is 2. The van der Waals surface area contributed by atoms with Crippen LogP contribution in [0.15, 0.2) is 53.1 Å². The van der Waals surface area contributed by atoms with Gasteiger partial charge in [-0.15, -0.1) is 0 Å². The highest BCUT2D eigenvalue weighted by molar-refractivity contribution is 6.30. The molecule has 25 heavy (non-hydrogen) atoms. The number of nitrogens with one attached hydrogen (secondary N) is 1. The largest absolute Gasteiger partial charge is 0.480 e. The summed E-state index contributed by atoms with van der Waals surface area (Å²) in [7, 11) is 0. The molecule has 4 rings (SSSR count). The maximum absolute atomic E-state index is 12.3. The standard InChI is InChI=1S/C18H14ClN3O3/c19-13-6-7-14-12(8-13)9-15(24-14)17(23)20-10-16-21-18(25-22-16)11-4-2-1-3-5-11/h1-8,15H,9-10H2,(H,20,23)/t15-/m1/s1. The number of rotatable bonds is 4. The fourth-order valence-electron chi connectivity index (χ4n) is 2.67. The van der Waals surface area contributed by atoms with Crippen LogP contribution in [0.4, 0.5) is 0 Å². The monoisotopic (exact) mass is 355 g/mol. The Hall–Kier alpha value is -2.86. The fraction of sp³-hybridized carbons (Fsp3) is 0.167. The van der Waals surface area contributed by atoms with Crippen molar-refractivity contribution < 1.29 is 14.1 Å². The molecule has 1 N–H and O–H groups in total. The van der Waals surface area contributed by atoms with Crippen LogP contribution in [0.25, 0.3) is 11.5 Å². The highest BCUT2D eigenvalue weighted by Crippen LogP contribution is 2.31. The van der Waals surface area contributed by atoms with E-state index in [0.29, 0.717) is 28.9 Å². The first-order chi connectivity index (χ1) is 12.2. The van der Waals surface area contributed by atoms with Crippen molar-refractivity contribution in [2.75, 3.05) is 0 Å². The second-order valence-corrected chi connectivity index (χ2v) is 6.10. The summed E-state index contributed by atoms with van der Waals surface area (Å²) in [6, 6.07) is 14.8. The van der Waals surface area contributed by atoms with Crippen LogP contribution in [0.3, 0.4) is 0 Å². The molecular weight excluding hydrogens is 342 g/mol. The Morgan fingerprint density at radius 3 is 2.92 bits per heavy atom. The van der Waals surface area contributed by atoms with Crippen LogP contribution in [-0.4, -0.2) is 22.2 Å². The highest BCUT2D eigenvalue weighted by atomic mass is 35.5. The van der Waals surface area contributed by atoms with Crippen LogP contribution >= 0.6 is 11.6 Å². The zero-order chi connectivity index (χ0) is 17.2. The number of hydrogen-bond donors (Lipinski definition) is 1. The lowest BCUT2D eigenvalue weighted by molar-refractivity contribution is -0.127. The Morgan fingerprint density at radius 1 is 1.24 bits per heavy atom. The first kappa shape index (κ1) is 15.7. The number of carbonyl (C=O) groups excluding carboxylic acids is 1. The van der Waals surface area contributed by atoms with Gasteiger partial charge in [0.05, 0.1) is 6.54 Å². The lowest BCUT2D eigenvalue weighted by atomic mass is 10.1. The highest BCUT2D eigenvalue weighted by Gasteiger charge is 2.29. The first-order valence-electron chi connectivity index (χ1n) is 7.80. The summed E-state index contributed by atoms with van der Waals surface area (Å²) >= 11 is 5.96. The van der Waals surface area contributed by atoms with Crippen LogP contribution in [0.1, 0.15) is 11.4 Å². The second-order valence-electron chi connectivity index (χ2n) is 5.66. The van der Waals surface area contributed by atoms with Gasteiger partial charge in [-0.1, -0.05) is 35.0 Å². The zero-order valence-electron chi connectivity index (χ0n) is 13.1. The number of carbonyl (C=O) groups is 1. The van der Waals surface area contributed by atoms with Gasteiger partial charge in [-0.05, 0) is 35.9 Å². The molecule has 0 aliphatic carbocycles. The van der Waals surface area contributed by atoms with Crippen molar-refractivity contribution in [3.63, 3.8) is 0 Å². The number of hydrogen-bond acceptors (Lipinski definition) is 5. The van der Waals surface area contributed by atoms with Crippen molar-refractivity contribution >= 4 is 17.5 Å². The zero-order valence-corrected chi connectivity index (χ0v) is 13.9. The van der Waals surface area contributed by atoms with Crippen LogP contribution in [0, 0.1) is 0 Å². The van der Waals surface area contributed by atoms with E-state index >= 15 is 0 Å². The smallest absolute Gasteiger partial charge is 0.261 e. The lowest BCUT2D eigenvalue weighted by Gasteiger charge is -2.09. The van der Waals surface area contributed by atoms with Crippen molar-refractivity contribution in [1.82, 2.24) is 15.5 Å². The Morgan fingerprint density at radius 2 is 2.08 bits per heavy atom. The average molecular weight is 356 g/mol. The third-order valence-corrected chi connectivity index (χ3v) is 4.13. The summed E-state index contributed by atoms with van der Waals surface area (Å²) < 4.78 is 10.9. The van der Waals surface area contributed by atoms with Gasteiger partial charge in [-0.25, -0.2) is 0 Å². The van der Waals surface area contributed by atoms with Gasteiger partial charge in [-0.3, -0.25) is 4.79 Å². The Balaban J connectivity index is 1.36. The molecule has 3 aromatic rings. The summed E-state index contributed by atoms with van der Waals surface area (Å²) in [6.45, 7) is 0.173. The molecule has 1 amide bonds. The van der Waals surface area contributed by atoms with Crippen molar-refractivity contribution in [1.29, 1.82) is 0 Å². The lowest BCUT2D eigenvalue weighted by Crippen LogP contribution is -2.37. The maximum atomic E-state index is 12.3. The third-order valence-electron chi connectivity index (χ3n) is 3.90. The number of ether oxygens (including phenoxy) is 1. The molecule has 126 valence electrons. The van der Waals surface area contributed by atoms with E-state index in [4.69, 9.17) is 20.9 Å². The Labute approximate surface area is 148 Å². The van der Waals surface area contributed by atoms with Gasteiger partial charge in [0.15, 0.2) is 11.9 Å². The molecule has 0 saturated heterocycles. The molecule has 1 aliphatic heterocycles. The number of halogens is 1. The topological polar surface area (TPSA) is 77.3 Å². The van der Waals surface area contributed by atoms with Crippen LogP contribution in [0.5, 0.6) is 5.75 Å². The molecule has 7 heteroatoms. The summed E-state index contributed by atoms with van der Waals surface area (Å²) in [5.41, 5.74) is 1.76. The van der Waals surface area contributed by atoms with E-state index in [9.17, 15) is 4.79 Å². The summed E-state index contributed by atoms with van der Waals surface area (Å²) in [4.78, 5) is 16.6. The van der Waals surface area contributed by atoms with E-state index < -0.39 is 6.10 Å². The molecule has 0 saturated carbocycles. The molecule has 0 fully saturated rings. The van der Waals surface area contributed by atoms with Crippen molar-refractivity contribution in [2.24, 2.45) is 0 Å². The fourth-order valence-corrected chi connectivity index (χ4v) is 2.86. The van der Waals surface area contributed by atoms with Crippen molar-refractivity contribution in [3.8, 4) is 17.2 Å². The third kappa shape index (κ3) is 3.34. The second kappa shape index (κ2) is 6.57. The van der Waals surface area contributed by atoms with Gasteiger partial charge in [-0.2, -0.15) is 4.98 Å². The Kier molecular flexibility index (Phi) is 4.11. The molecule has 2 aromatic carbocycles. The maximum Gasteiger partial charge on any atom is 0.261 e.